The Hall–Kier alpha value is -1.71. The van der Waals surface area contributed by atoms with Crippen LogP contribution in [0.15, 0.2) is 42.5 Å². The van der Waals surface area contributed by atoms with E-state index in [9.17, 15) is 9.90 Å². The maximum Gasteiger partial charge on any atom is 0.259 e. The fourth-order valence-electron chi connectivity index (χ4n) is 1.45. The van der Waals surface area contributed by atoms with Crippen molar-refractivity contribution in [1.82, 2.24) is 0 Å². The number of nitrogens with one attached hydrogen (secondary N) is 1. The molecule has 3 nitrogen and oxygen atoms in total. The lowest BCUT2D eigenvalue weighted by molar-refractivity contribution is 0.102. The molecule has 0 heterocycles. The second-order valence-electron chi connectivity index (χ2n) is 3.60. The minimum Gasteiger partial charge on any atom is -0.507 e. The van der Waals surface area contributed by atoms with Crippen LogP contribution in [-0.4, -0.2) is 11.0 Å². The fraction of sp³-hybridized carbons (Fsp3) is 0. The minimum atomic E-state index is -0.447. The van der Waals surface area contributed by atoms with Gasteiger partial charge in [-0.3, -0.25) is 4.79 Å². The number of aromatic hydroxyl groups is 1. The van der Waals surface area contributed by atoms with E-state index in [0.717, 1.165) is 0 Å². The highest BCUT2D eigenvalue weighted by Crippen LogP contribution is 2.26. The number of rotatable bonds is 2. The van der Waals surface area contributed by atoms with E-state index in [1.54, 1.807) is 30.3 Å². The first-order valence-corrected chi connectivity index (χ1v) is 5.88. The smallest absolute Gasteiger partial charge is 0.259 e. The molecule has 0 atom stereocenters. The summed E-state index contributed by atoms with van der Waals surface area (Å²) in [4.78, 5) is 11.9. The maximum atomic E-state index is 11.9. The normalized spacial score (nSPS) is 10.1. The summed E-state index contributed by atoms with van der Waals surface area (Å²) in [7, 11) is 0. The van der Waals surface area contributed by atoms with Gasteiger partial charge in [0.25, 0.3) is 5.91 Å². The van der Waals surface area contributed by atoms with Gasteiger partial charge in [0.05, 0.1) is 16.3 Å². The number of halogens is 2. The minimum absolute atomic E-state index is 0.0897. The molecule has 0 fully saturated rings. The summed E-state index contributed by atoms with van der Waals surface area (Å²) in [6.07, 6.45) is 0. The second-order valence-corrected chi connectivity index (χ2v) is 4.44. The molecule has 0 aliphatic heterocycles. The van der Waals surface area contributed by atoms with Gasteiger partial charge in [-0.1, -0.05) is 35.3 Å². The molecule has 0 aromatic heterocycles. The van der Waals surface area contributed by atoms with Crippen LogP contribution in [0.25, 0.3) is 0 Å². The van der Waals surface area contributed by atoms with Gasteiger partial charge in [0.1, 0.15) is 5.75 Å². The number of phenolic OH excluding ortho intramolecular Hbond substituents is 1. The van der Waals surface area contributed by atoms with Crippen molar-refractivity contribution in [2.45, 2.75) is 0 Å². The van der Waals surface area contributed by atoms with Crippen LogP contribution in [-0.2, 0) is 0 Å². The number of phenols is 1. The molecule has 0 saturated carbocycles. The standard InChI is InChI=1S/C13H9Cl2NO2/c14-8-5-6-10(15)11(7-8)16-13(18)9-3-1-2-4-12(9)17/h1-7,17H,(H,16,18). The van der Waals surface area contributed by atoms with Crippen LogP contribution in [0.1, 0.15) is 10.4 Å². The van der Waals surface area contributed by atoms with E-state index in [1.165, 1.54) is 12.1 Å². The third-order valence-electron chi connectivity index (χ3n) is 2.33. The van der Waals surface area contributed by atoms with Crippen molar-refractivity contribution >= 4 is 34.8 Å². The molecule has 2 N–H and O–H groups in total. The average molecular weight is 282 g/mol. The van der Waals surface area contributed by atoms with Gasteiger partial charge in [0.15, 0.2) is 0 Å². The van der Waals surface area contributed by atoms with E-state index in [2.05, 4.69) is 5.32 Å². The van der Waals surface area contributed by atoms with E-state index >= 15 is 0 Å². The Labute approximate surface area is 114 Å². The molecule has 0 unspecified atom stereocenters. The van der Waals surface area contributed by atoms with E-state index in [-0.39, 0.29) is 11.3 Å². The summed E-state index contributed by atoms with van der Waals surface area (Å²) in [5.74, 6) is -0.537. The van der Waals surface area contributed by atoms with Gasteiger partial charge < -0.3 is 10.4 Å². The Kier molecular flexibility index (Phi) is 3.75. The summed E-state index contributed by atoms with van der Waals surface area (Å²) in [6, 6.07) is 11.0. The van der Waals surface area contributed by atoms with E-state index < -0.39 is 5.91 Å². The van der Waals surface area contributed by atoms with Crippen LogP contribution in [0.2, 0.25) is 10.0 Å². The summed E-state index contributed by atoms with van der Waals surface area (Å²) in [5.41, 5.74) is 0.575. The number of carbonyl (C=O) groups excluding carboxylic acids is 1. The summed E-state index contributed by atoms with van der Waals surface area (Å²) >= 11 is 11.7. The van der Waals surface area contributed by atoms with E-state index in [4.69, 9.17) is 23.2 Å². The Morgan fingerprint density at radius 1 is 1.11 bits per heavy atom. The molecule has 2 aromatic carbocycles. The zero-order valence-electron chi connectivity index (χ0n) is 9.15. The highest BCUT2D eigenvalue weighted by Gasteiger charge is 2.12. The summed E-state index contributed by atoms with van der Waals surface area (Å²) in [6.45, 7) is 0. The van der Waals surface area contributed by atoms with Crippen LogP contribution in [0, 0.1) is 0 Å². The first-order valence-electron chi connectivity index (χ1n) is 5.12. The van der Waals surface area contributed by atoms with Crippen molar-refractivity contribution in [3.63, 3.8) is 0 Å². The molecule has 0 aliphatic carbocycles. The van der Waals surface area contributed by atoms with E-state index in [1.807, 2.05) is 0 Å². The molecule has 0 bridgehead atoms. The molecule has 18 heavy (non-hydrogen) atoms. The molecular formula is C13H9Cl2NO2. The first kappa shape index (κ1) is 12.7. The van der Waals surface area contributed by atoms with Gasteiger partial charge in [-0.05, 0) is 30.3 Å². The molecule has 1 amide bonds. The molecule has 0 radical (unpaired) electrons. The van der Waals surface area contributed by atoms with Gasteiger partial charge in [-0.25, -0.2) is 0 Å². The van der Waals surface area contributed by atoms with Crippen molar-refractivity contribution in [1.29, 1.82) is 0 Å². The SMILES string of the molecule is O=C(Nc1cc(Cl)ccc1Cl)c1ccccc1O. The molecule has 0 aliphatic rings. The Morgan fingerprint density at radius 3 is 2.56 bits per heavy atom. The Morgan fingerprint density at radius 2 is 1.83 bits per heavy atom. The van der Waals surface area contributed by atoms with Gasteiger partial charge >= 0.3 is 0 Å². The lowest BCUT2D eigenvalue weighted by Gasteiger charge is -2.08. The molecular weight excluding hydrogens is 273 g/mol. The quantitative estimate of drug-likeness (QED) is 0.876. The predicted octanol–water partition coefficient (Wildman–Crippen LogP) is 3.95. The molecule has 92 valence electrons. The molecule has 2 rings (SSSR count). The number of anilines is 1. The number of hydrogen-bond acceptors (Lipinski definition) is 2. The van der Waals surface area contributed by atoms with Crippen molar-refractivity contribution in [2.75, 3.05) is 5.32 Å². The lowest BCUT2D eigenvalue weighted by Crippen LogP contribution is -2.12. The first-order chi connectivity index (χ1) is 8.58. The van der Waals surface area contributed by atoms with Crippen molar-refractivity contribution in [3.05, 3.63) is 58.1 Å². The largest absolute Gasteiger partial charge is 0.507 e. The Balaban J connectivity index is 2.27. The summed E-state index contributed by atoms with van der Waals surface area (Å²) < 4.78 is 0. The van der Waals surface area contributed by atoms with Crippen LogP contribution in [0.3, 0.4) is 0 Å². The summed E-state index contributed by atoms with van der Waals surface area (Å²) in [5, 5.41) is 13.0. The zero-order valence-corrected chi connectivity index (χ0v) is 10.7. The average Bonchev–Trinajstić information content (AvgIpc) is 2.34. The highest BCUT2D eigenvalue weighted by molar-refractivity contribution is 6.35. The van der Waals surface area contributed by atoms with Gasteiger partial charge in [0.2, 0.25) is 0 Å². The zero-order chi connectivity index (χ0) is 13.1. The number of carbonyl (C=O) groups is 1. The van der Waals surface area contributed by atoms with Gasteiger partial charge in [-0.15, -0.1) is 0 Å². The number of benzene rings is 2. The maximum absolute atomic E-state index is 11.9. The molecule has 0 spiro atoms. The number of amides is 1. The Bertz CT molecular complexity index is 599. The third-order valence-corrected chi connectivity index (χ3v) is 2.89. The van der Waals surface area contributed by atoms with Crippen LogP contribution in [0.4, 0.5) is 5.69 Å². The second kappa shape index (κ2) is 5.29. The predicted molar refractivity (Wildman–Crippen MR) is 72.5 cm³/mol. The monoisotopic (exact) mass is 281 g/mol. The highest BCUT2D eigenvalue weighted by atomic mass is 35.5. The van der Waals surface area contributed by atoms with Crippen LogP contribution >= 0.6 is 23.2 Å². The van der Waals surface area contributed by atoms with Crippen LogP contribution in [0.5, 0.6) is 5.75 Å². The molecule has 2 aromatic rings. The van der Waals surface area contributed by atoms with Gasteiger partial charge in [0, 0.05) is 5.02 Å². The van der Waals surface area contributed by atoms with Crippen molar-refractivity contribution in [3.8, 4) is 5.75 Å². The topological polar surface area (TPSA) is 49.3 Å². The fourth-order valence-corrected chi connectivity index (χ4v) is 1.79. The molecule has 5 heteroatoms. The van der Waals surface area contributed by atoms with Gasteiger partial charge in [-0.2, -0.15) is 0 Å². The molecule has 0 saturated heterocycles. The number of para-hydroxylation sites is 1. The lowest BCUT2D eigenvalue weighted by atomic mass is 10.2. The van der Waals surface area contributed by atoms with Crippen molar-refractivity contribution < 1.29 is 9.90 Å². The number of hydrogen-bond donors (Lipinski definition) is 2. The van der Waals surface area contributed by atoms with Crippen molar-refractivity contribution in [2.24, 2.45) is 0 Å². The van der Waals surface area contributed by atoms with Crippen LogP contribution < -0.4 is 5.32 Å². The third kappa shape index (κ3) is 2.75. The van der Waals surface area contributed by atoms with E-state index in [0.29, 0.717) is 15.7 Å².